The summed E-state index contributed by atoms with van der Waals surface area (Å²) in [5, 5.41) is 0. The highest BCUT2D eigenvalue weighted by atomic mass is 16.5. The molecule has 0 spiro atoms. The Morgan fingerprint density at radius 2 is 2.14 bits per heavy atom. The van der Waals surface area contributed by atoms with Crippen LogP contribution in [0.15, 0.2) is 36.5 Å². The quantitative estimate of drug-likeness (QED) is 0.846. The molecule has 1 atom stereocenters. The number of hydrogen-bond donors (Lipinski definition) is 0. The molecule has 0 N–H and O–H groups in total. The predicted molar refractivity (Wildman–Crippen MR) is 83.6 cm³/mol. The minimum absolute atomic E-state index is 0.671. The number of aryl methyl sites for hydroxylation is 1. The van der Waals surface area contributed by atoms with Gasteiger partial charge in [-0.15, -0.1) is 0 Å². The van der Waals surface area contributed by atoms with Crippen molar-refractivity contribution in [2.45, 2.75) is 19.9 Å². The molecule has 21 heavy (non-hydrogen) atoms. The Morgan fingerprint density at radius 1 is 1.33 bits per heavy atom. The Balaban J connectivity index is 1.73. The van der Waals surface area contributed by atoms with Crippen molar-refractivity contribution in [1.29, 1.82) is 0 Å². The number of hydrogen-bond acceptors (Lipinski definition) is 3. The van der Waals surface area contributed by atoms with Gasteiger partial charge >= 0.3 is 0 Å². The molecule has 112 valence electrons. The van der Waals surface area contributed by atoms with Gasteiger partial charge in [0.2, 0.25) is 0 Å². The summed E-state index contributed by atoms with van der Waals surface area (Å²) < 4.78 is 7.70. The first-order chi connectivity index (χ1) is 10.2. The molecule has 2 aromatic rings. The molecule has 0 amide bonds. The van der Waals surface area contributed by atoms with Crippen LogP contribution in [-0.2, 0) is 11.3 Å². The van der Waals surface area contributed by atoms with Crippen LogP contribution in [0, 0.1) is 12.8 Å². The molecule has 1 aromatic carbocycles. The van der Waals surface area contributed by atoms with Crippen LogP contribution in [0.25, 0.3) is 5.69 Å². The van der Waals surface area contributed by atoms with E-state index < -0.39 is 0 Å². The first-order valence-electron chi connectivity index (χ1n) is 7.59. The second kappa shape index (κ2) is 6.41. The first kappa shape index (κ1) is 14.3. The van der Waals surface area contributed by atoms with Crippen molar-refractivity contribution >= 4 is 0 Å². The van der Waals surface area contributed by atoms with Crippen molar-refractivity contribution in [3.05, 3.63) is 48.0 Å². The third kappa shape index (κ3) is 3.34. The van der Waals surface area contributed by atoms with Gasteiger partial charge in [0.1, 0.15) is 5.82 Å². The monoisotopic (exact) mass is 285 g/mol. The van der Waals surface area contributed by atoms with Gasteiger partial charge in [-0.25, -0.2) is 4.98 Å². The maximum absolute atomic E-state index is 5.46. The second-order valence-electron chi connectivity index (χ2n) is 5.89. The van der Waals surface area contributed by atoms with Crippen LogP contribution in [0.1, 0.15) is 17.9 Å². The highest BCUT2D eigenvalue weighted by Crippen LogP contribution is 2.18. The lowest BCUT2D eigenvalue weighted by molar-refractivity contribution is 0.172. The van der Waals surface area contributed by atoms with Crippen molar-refractivity contribution in [1.82, 2.24) is 14.5 Å². The Labute approximate surface area is 126 Å². The molecule has 1 fully saturated rings. The van der Waals surface area contributed by atoms with E-state index in [0.29, 0.717) is 5.92 Å². The van der Waals surface area contributed by atoms with Gasteiger partial charge in [-0.1, -0.05) is 18.2 Å². The smallest absolute Gasteiger partial charge is 0.110 e. The van der Waals surface area contributed by atoms with Crippen molar-refractivity contribution < 1.29 is 4.74 Å². The van der Waals surface area contributed by atoms with Crippen molar-refractivity contribution in [3.63, 3.8) is 0 Å². The molecule has 1 saturated heterocycles. The zero-order valence-electron chi connectivity index (χ0n) is 12.8. The summed E-state index contributed by atoms with van der Waals surface area (Å²) in [6.45, 7) is 5.87. The number of aromatic nitrogens is 2. The predicted octanol–water partition coefficient (Wildman–Crippen LogP) is 2.65. The fraction of sp³-hybridized carbons (Fsp3) is 0.471. The Bertz CT molecular complexity index is 573. The van der Waals surface area contributed by atoms with E-state index in [0.717, 1.165) is 32.1 Å². The number of nitrogens with zero attached hydrogens (tertiary/aromatic N) is 3. The van der Waals surface area contributed by atoms with Gasteiger partial charge in [-0.2, -0.15) is 0 Å². The van der Waals surface area contributed by atoms with E-state index in [1.165, 1.54) is 17.8 Å². The largest absolute Gasteiger partial charge is 0.381 e. The summed E-state index contributed by atoms with van der Waals surface area (Å²) in [6, 6.07) is 10.4. The topological polar surface area (TPSA) is 30.3 Å². The van der Waals surface area contributed by atoms with Gasteiger partial charge in [0.15, 0.2) is 0 Å². The molecular formula is C17H23N3O. The summed E-state index contributed by atoms with van der Waals surface area (Å²) in [7, 11) is 2.18. The van der Waals surface area contributed by atoms with E-state index in [1.54, 1.807) is 0 Å². The van der Waals surface area contributed by atoms with Gasteiger partial charge in [-0.05, 0) is 38.4 Å². The summed E-state index contributed by atoms with van der Waals surface area (Å²) in [5.74, 6) is 1.71. The Kier molecular flexibility index (Phi) is 4.36. The van der Waals surface area contributed by atoms with Gasteiger partial charge < -0.3 is 9.64 Å². The molecule has 1 unspecified atom stereocenters. The fourth-order valence-electron chi connectivity index (χ4n) is 3.04. The van der Waals surface area contributed by atoms with Crippen LogP contribution >= 0.6 is 0 Å². The highest BCUT2D eigenvalue weighted by molar-refractivity contribution is 5.35. The molecular weight excluding hydrogens is 262 g/mol. The van der Waals surface area contributed by atoms with Gasteiger partial charge in [0.05, 0.1) is 18.5 Å². The molecule has 0 aliphatic carbocycles. The summed E-state index contributed by atoms with van der Waals surface area (Å²) in [4.78, 5) is 6.86. The number of para-hydroxylation sites is 1. The van der Waals surface area contributed by atoms with Crippen molar-refractivity contribution in [3.8, 4) is 5.69 Å². The van der Waals surface area contributed by atoms with Gasteiger partial charge in [0.25, 0.3) is 0 Å². The van der Waals surface area contributed by atoms with E-state index in [2.05, 4.69) is 52.7 Å². The number of ether oxygens (including phenoxy) is 1. The van der Waals surface area contributed by atoms with Gasteiger partial charge in [-0.3, -0.25) is 4.57 Å². The average molecular weight is 285 g/mol. The minimum Gasteiger partial charge on any atom is -0.381 e. The van der Waals surface area contributed by atoms with E-state index in [-0.39, 0.29) is 0 Å². The van der Waals surface area contributed by atoms with Crippen molar-refractivity contribution in [2.75, 3.05) is 26.8 Å². The van der Waals surface area contributed by atoms with Crippen LogP contribution in [0.3, 0.4) is 0 Å². The Hall–Kier alpha value is -1.65. The number of benzene rings is 1. The molecule has 0 saturated carbocycles. The molecule has 0 bridgehead atoms. The van der Waals surface area contributed by atoms with Crippen LogP contribution in [-0.4, -0.2) is 41.3 Å². The number of imidazole rings is 1. The van der Waals surface area contributed by atoms with Gasteiger partial charge in [0, 0.05) is 25.4 Å². The summed E-state index contributed by atoms with van der Waals surface area (Å²) in [5.41, 5.74) is 2.42. The maximum Gasteiger partial charge on any atom is 0.110 e. The molecule has 1 aliphatic rings. The molecule has 3 rings (SSSR count). The van der Waals surface area contributed by atoms with Crippen LogP contribution in [0.4, 0.5) is 0 Å². The second-order valence-corrected chi connectivity index (χ2v) is 5.89. The zero-order chi connectivity index (χ0) is 14.7. The SMILES string of the molecule is Cc1ncc(CN(C)CC2CCOC2)n1-c1ccccc1. The third-order valence-corrected chi connectivity index (χ3v) is 4.05. The molecule has 4 heteroatoms. The van der Waals surface area contributed by atoms with Crippen molar-refractivity contribution in [2.24, 2.45) is 5.92 Å². The number of rotatable bonds is 5. The van der Waals surface area contributed by atoms with E-state index in [1.807, 2.05) is 12.3 Å². The van der Waals surface area contributed by atoms with Crippen LogP contribution in [0.5, 0.6) is 0 Å². The normalized spacial score (nSPS) is 18.5. The lowest BCUT2D eigenvalue weighted by Gasteiger charge is -2.21. The minimum atomic E-state index is 0.671. The van der Waals surface area contributed by atoms with E-state index in [9.17, 15) is 0 Å². The standard InChI is InChI=1S/C17H23N3O/c1-14-18-10-17(20(14)16-6-4-3-5-7-16)12-19(2)11-15-8-9-21-13-15/h3-7,10,15H,8-9,11-13H2,1-2H3. The first-order valence-corrected chi connectivity index (χ1v) is 7.59. The van der Waals surface area contributed by atoms with E-state index >= 15 is 0 Å². The molecule has 4 nitrogen and oxygen atoms in total. The Morgan fingerprint density at radius 3 is 2.86 bits per heavy atom. The molecule has 0 radical (unpaired) electrons. The maximum atomic E-state index is 5.46. The molecule has 1 aromatic heterocycles. The third-order valence-electron chi connectivity index (χ3n) is 4.05. The zero-order valence-corrected chi connectivity index (χ0v) is 12.8. The fourth-order valence-corrected chi connectivity index (χ4v) is 3.04. The average Bonchev–Trinajstić information content (AvgIpc) is 3.10. The summed E-state index contributed by atoms with van der Waals surface area (Å²) >= 11 is 0. The molecule has 2 heterocycles. The summed E-state index contributed by atoms with van der Waals surface area (Å²) in [6.07, 6.45) is 3.17. The van der Waals surface area contributed by atoms with Crippen LogP contribution in [0.2, 0.25) is 0 Å². The molecule has 1 aliphatic heterocycles. The lowest BCUT2D eigenvalue weighted by atomic mass is 10.1. The lowest BCUT2D eigenvalue weighted by Crippen LogP contribution is -2.26. The highest BCUT2D eigenvalue weighted by Gasteiger charge is 2.18. The van der Waals surface area contributed by atoms with E-state index in [4.69, 9.17) is 4.74 Å². The van der Waals surface area contributed by atoms with Crippen LogP contribution < -0.4 is 0 Å².